The molecular weight excluding hydrogens is 519 g/mol. The standard InChI is InChI=1S/C27H34F3N3O4S/c1-14(2)16-7-5-6-8-17(16)26(27(3,4)37)38-13-21(35)24(25(36)22(38)12-34)33-11-20(31-32-33)15-9-18(28)23(30)19(29)10-15/h5-11,14,21-22,24-26,34-38H,12-13H2,1-4H3/t21-,22+,24-,25-,26-/m0/s1. The van der Waals surface area contributed by atoms with Crippen molar-refractivity contribution < 1.29 is 33.6 Å². The lowest BCUT2D eigenvalue weighted by Gasteiger charge is -2.51. The molecule has 1 fully saturated rings. The van der Waals surface area contributed by atoms with Crippen molar-refractivity contribution in [3.63, 3.8) is 0 Å². The van der Waals surface area contributed by atoms with Gasteiger partial charge in [0.05, 0.1) is 30.6 Å². The van der Waals surface area contributed by atoms with Gasteiger partial charge in [0.2, 0.25) is 0 Å². The Hall–Kier alpha value is -2.44. The Labute approximate surface area is 222 Å². The highest BCUT2D eigenvalue weighted by Gasteiger charge is 2.49. The molecular formula is C27H34F3N3O4S. The molecule has 0 radical (unpaired) electrons. The Morgan fingerprint density at radius 2 is 1.68 bits per heavy atom. The van der Waals surface area contributed by atoms with Gasteiger partial charge in [-0.1, -0.05) is 43.3 Å². The average molecular weight is 554 g/mol. The van der Waals surface area contributed by atoms with Crippen LogP contribution in [0.4, 0.5) is 13.2 Å². The molecule has 1 aliphatic heterocycles. The summed E-state index contributed by atoms with van der Waals surface area (Å²) in [6, 6.07) is 8.33. The lowest BCUT2D eigenvalue weighted by atomic mass is 9.89. The monoisotopic (exact) mass is 553 g/mol. The molecule has 0 saturated carbocycles. The topological polar surface area (TPSA) is 112 Å². The van der Waals surface area contributed by atoms with Gasteiger partial charge >= 0.3 is 0 Å². The summed E-state index contributed by atoms with van der Waals surface area (Å²) in [5, 5.41) is 51.2. The van der Waals surface area contributed by atoms with Crippen molar-refractivity contribution in [3.8, 4) is 11.3 Å². The molecule has 38 heavy (non-hydrogen) atoms. The minimum atomic E-state index is -1.60. The number of hydrogen-bond donors (Lipinski definition) is 5. The number of aromatic nitrogens is 3. The molecule has 0 aliphatic carbocycles. The van der Waals surface area contributed by atoms with Crippen LogP contribution in [0.15, 0.2) is 42.6 Å². The first-order valence-corrected chi connectivity index (χ1v) is 14.1. The van der Waals surface area contributed by atoms with Gasteiger partial charge in [0, 0.05) is 21.8 Å². The maximum atomic E-state index is 13.7. The highest BCUT2D eigenvalue weighted by molar-refractivity contribution is 8.18. The summed E-state index contributed by atoms with van der Waals surface area (Å²) >= 11 is 0. The van der Waals surface area contributed by atoms with E-state index in [9.17, 15) is 33.6 Å². The summed E-state index contributed by atoms with van der Waals surface area (Å²) < 4.78 is 42.1. The van der Waals surface area contributed by atoms with Crippen LogP contribution < -0.4 is 0 Å². The second-order valence-corrected chi connectivity index (χ2v) is 13.2. The van der Waals surface area contributed by atoms with E-state index in [2.05, 4.69) is 24.2 Å². The van der Waals surface area contributed by atoms with Crippen molar-refractivity contribution in [3.05, 3.63) is 71.2 Å². The van der Waals surface area contributed by atoms with Crippen LogP contribution in [0.3, 0.4) is 0 Å². The van der Waals surface area contributed by atoms with E-state index in [0.717, 1.165) is 23.3 Å². The first-order chi connectivity index (χ1) is 17.8. The lowest BCUT2D eigenvalue weighted by Crippen LogP contribution is -2.52. The van der Waals surface area contributed by atoms with Crippen molar-refractivity contribution in [2.24, 2.45) is 0 Å². The zero-order chi connectivity index (χ0) is 27.9. The van der Waals surface area contributed by atoms with Gasteiger partial charge in [0.25, 0.3) is 0 Å². The molecule has 1 saturated heterocycles. The van der Waals surface area contributed by atoms with Gasteiger partial charge in [0.15, 0.2) is 17.5 Å². The average Bonchev–Trinajstić information content (AvgIpc) is 3.31. The summed E-state index contributed by atoms with van der Waals surface area (Å²) in [7, 11) is -1.35. The third kappa shape index (κ3) is 5.35. The van der Waals surface area contributed by atoms with Gasteiger partial charge < -0.3 is 20.4 Å². The number of rotatable bonds is 7. The predicted molar refractivity (Wildman–Crippen MR) is 141 cm³/mol. The van der Waals surface area contributed by atoms with E-state index in [4.69, 9.17) is 0 Å². The van der Waals surface area contributed by atoms with E-state index < -0.39 is 62.7 Å². The molecule has 4 N–H and O–H groups in total. The number of aliphatic hydroxyl groups is 4. The number of benzene rings is 2. The van der Waals surface area contributed by atoms with Crippen LogP contribution in [0.2, 0.25) is 0 Å². The van der Waals surface area contributed by atoms with Crippen molar-refractivity contribution in [1.82, 2.24) is 15.0 Å². The SMILES string of the molecule is CC(C)c1ccccc1[C@H]([SH]1C[C@H](O)[C@H](n2cc(-c3cc(F)c(F)c(F)c3)nn2)[C@@H](O)[C@H]1CO)C(C)(C)O. The van der Waals surface area contributed by atoms with Gasteiger partial charge in [-0.05, 0) is 43.0 Å². The summed E-state index contributed by atoms with van der Waals surface area (Å²) in [6.45, 7) is 7.11. The number of hydrogen-bond acceptors (Lipinski definition) is 6. The van der Waals surface area contributed by atoms with E-state index in [0.29, 0.717) is 0 Å². The molecule has 3 aromatic rings. The second kappa shape index (κ2) is 11.0. The normalized spacial score (nSPS) is 26.1. The van der Waals surface area contributed by atoms with Crippen LogP contribution in [0.5, 0.6) is 0 Å². The van der Waals surface area contributed by atoms with Crippen LogP contribution in [0, 0.1) is 17.5 Å². The highest BCUT2D eigenvalue weighted by atomic mass is 32.2. The van der Waals surface area contributed by atoms with Crippen LogP contribution in [0.25, 0.3) is 11.3 Å². The van der Waals surface area contributed by atoms with E-state index in [1.165, 1.54) is 10.9 Å². The molecule has 0 amide bonds. The quantitative estimate of drug-likeness (QED) is 0.226. The summed E-state index contributed by atoms with van der Waals surface area (Å²) in [4.78, 5) is 0. The highest BCUT2D eigenvalue weighted by Crippen LogP contribution is 2.58. The molecule has 208 valence electrons. The predicted octanol–water partition coefficient (Wildman–Crippen LogP) is 3.64. The Balaban J connectivity index is 1.70. The van der Waals surface area contributed by atoms with Crippen molar-refractivity contribution in [1.29, 1.82) is 0 Å². The lowest BCUT2D eigenvalue weighted by molar-refractivity contribution is 0.00570. The largest absolute Gasteiger partial charge is 0.395 e. The Bertz CT molecular complexity index is 1260. The maximum Gasteiger partial charge on any atom is 0.194 e. The number of halogens is 3. The van der Waals surface area contributed by atoms with Gasteiger partial charge in [0.1, 0.15) is 11.7 Å². The van der Waals surface area contributed by atoms with E-state index in [-0.39, 0.29) is 29.5 Å². The van der Waals surface area contributed by atoms with Gasteiger partial charge in [-0.15, -0.1) is 5.10 Å². The van der Waals surface area contributed by atoms with Crippen molar-refractivity contribution >= 4 is 10.9 Å². The molecule has 1 unspecified atom stereocenters. The van der Waals surface area contributed by atoms with E-state index in [1.807, 2.05) is 24.3 Å². The molecule has 2 aromatic carbocycles. The smallest absolute Gasteiger partial charge is 0.194 e. The zero-order valence-corrected chi connectivity index (χ0v) is 22.5. The van der Waals surface area contributed by atoms with Crippen LogP contribution in [-0.4, -0.2) is 70.8 Å². The van der Waals surface area contributed by atoms with Crippen LogP contribution in [-0.2, 0) is 0 Å². The fourth-order valence-electron chi connectivity index (χ4n) is 5.46. The van der Waals surface area contributed by atoms with Crippen molar-refractivity contribution in [2.45, 2.75) is 68.0 Å². The Morgan fingerprint density at radius 1 is 1.08 bits per heavy atom. The fourth-order valence-corrected chi connectivity index (χ4v) is 9.16. The van der Waals surface area contributed by atoms with E-state index in [1.54, 1.807) is 13.8 Å². The third-order valence-corrected chi connectivity index (χ3v) is 10.8. The van der Waals surface area contributed by atoms with Gasteiger partial charge in [-0.25, -0.2) is 28.7 Å². The molecule has 1 aliphatic rings. The van der Waals surface area contributed by atoms with Crippen LogP contribution in [0.1, 0.15) is 56.0 Å². The Morgan fingerprint density at radius 3 is 2.24 bits per heavy atom. The first-order valence-electron chi connectivity index (χ1n) is 12.5. The maximum absolute atomic E-state index is 13.7. The fraction of sp³-hybridized carbons (Fsp3) is 0.481. The summed E-state index contributed by atoms with van der Waals surface area (Å²) in [5.74, 6) is -3.99. The van der Waals surface area contributed by atoms with Gasteiger partial charge in [-0.2, -0.15) is 0 Å². The summed E-state index contributed by atoms with van der Waals surface area (Å²) in [6.07, 6.45) is -1.07. The molecule has 11 heteroatoms. The molecule has 4 rings (SSSR count). The zero-order valence-electron chi connectivity index (χ0n) is 21.6. The molecule has 7 nitrogen and oxygen atoms in total. The minimum absolute atomic E-state index is 0.0239. The number of thiol groups is 1. The molecule has 2 heterocycles. The van der Waals surface area contributed by atoms with E-state index >= 15 is 0 Å². The number of nitrogens with zero attached hydrogens (tertiary/aromatic N) is 3. The van der Waals surface area contributed by atoms with Crippen LogP contribution >= 0.6 is 10.9 Å². The molecule has 6 atom stereocenters. The van der Waals surface area contributed by atoms with Gasteiger partial charge in [-0.3, -0.25) is 0 Å². The summed E-state index contributed by atoms with van der Waals surface area (Å²) in [5.41, 5.74) is 0.718. The second-order valence-electron chi connectivity index (χ2n) is 10.7. The molecule has 0 spiro atoms. The molecule has 0 bridgehead atoms. The minimum Gasteiger partial charge on any atom is -0.395 e. The Kier molecular flexibility index (Phi) is 8.25. The molecule has 1 aromatic heterocycles. The first kappa shape index (κ1) is 28.6. The number of aliphatic hydroxyl groups excluding tert-OH is 3. The van der Waals surface area contributed by atoms with Crippen molar-refractivity contribution in [2.75, 3.05) is 12.4 Å². The third-order valence-electron chi connectivity index (χ3n) is 7.16.